The topological polar surface area (TPSA) is 81.2 Å². The van der Waals surface area contributed by atoms with E-state index in [0.29, 0.717) is 25.6 Å². The minimum absolute atomic E-state index is 0.0582. The van der Waals surface area contributed by atoms with Crippen molar-refractivity contribution in [3.05, 3.63) is 12.4 Å². The van der Waals surface area contributed by atoms with Crippen LogP contribution in [0.3, 0.4) is 0 Å². The molecular formula is C11H20N4O2S. The van der Waals surface area contributed by atoms with Gasteiger partial charge in [0.2, 0.25) is 10.0 Å². The number of sulfonamides is 1. The first-order valence-corrected chi connectivity index (χ1v) is 7.63. The molecule has 1 fully saturated rings. The molecular weight excluding hydrogens is 252 g/mol. The lowest BCUT2D eigenvalue weighted by Gasteiger charge is -2.19. The zero-order chi connectivity index (χ0) is 13.3. The van der Waals surface area contributed by atoms with Gasteiger partial charge in [-0.2, -0.15) is 9.40 Å². The first-order valence-electron chi connectivity index (χ1n) is 6.19. The number of aromatic nitrogens is 2. The second-order valence-electron chi connectivity index (χ2n) is 4.99. The lowest BCUT2D eigenvalue weighted by Crippen LogP contribution is -2.33. The standard InChI is InChI=1S/C11H20N4O2S/c1-9-5-10(2)15(7-9)18(16,17)11-6-13-14(8-11)4-3-12/h6,8-10H,3-5,7,12H2,1-2H3. The Morgan fingerprint density at radius 1 is 1.50 bits per heavy atom. The van der Waals surface area contributed by atoms with Gasteiger partial charge in [0, 0.05) is 25.3 Å². The van der Waals surface area contributed by atoms with Crippen molar-refractivity contribution in [3.63, 3.8) is 0 Å². The summed E-state index contributed by atoms with van der Waals surface area (Å²) in [7, 11) is -3.41. The summed E-state index contributed by atoms with van der Waals surface area (Å²) in [6.07, 6.45) is 3.87. The van der Waals surface area contributed by atoms with Crippen LogP contribution in [-0.4, -0.2) is 41.6 Å². The van der Waals surface area contributed by atoms with E-state index in [9.17, 15) is 8.42 Å². The number of hydrogen-bond acceptors (Lipinski definition) is 4. The van der Waals surface area contributed by atoms with Gasteiger partial charge in [-0.15, -0.1) is 0 Å². The smallest absolute Gasteiger partial charge is 0.246 e. The van der Waals surface area contributed by atoms with E-state index in [1.165, 1.54) is 6.20 Å². The molecule has 1 aliphatic heterocycles. The largest absolute Gasteiger partial charge is 0.329 e. The number of nitrogens with zero attached hydrogens (tertiary/aromatic N) is 3. The third-order valence-corrected chi connectivity index (χ3v) is 5.23. The van der Waals surface area contributed by atoms with Gasteiger partial charge in [-0.3, -0.25) is 4.68 Å². The Morgan fingerprint density at radius 2 is 2.22 bits per heavy atom. The van der Waals surface area contributed by atoms with E-state index in [1.807, 2.05) is 6.92 Å². The van der Waals surface area contributed by atoms with Crippen molar-refractivity contribution in [1.29, 1.82) is 0 Å². The van der Waals surface area contributed by atoms with Crippen LogP contribution in [0.1, 0.15) is 20.3 Å². The highest BCUT2D eigenvalue weighted by atomic mass is 32.2. The highest BCUT2D eigenvalue weighted by molar-refractivity contribution is 7.89. The number of hydrogen-bond donors (Lipinski definition) is 1. The van der Waals surface area contributed by atoms with Crippen molar-refractivity contribution < 1.29 is 8.42 Å². The van der Waals surface area contributed by atoms with Gasteiger partial charge < -0.3 is 5.73 Å². The first kappa shape index (κ1) is 13.5. The number of rotatable bonds is 4. The van der Waals surface area contributed by atoms with Gasteiger partial charge in [0.15, 0.2) is 0 Å². The van der Waals surface area contributed by atoms with Crippen LogP contribution in [0.5, 0.6) is 0 Å². The third kappa shape index (κ3) is 2.43. The highest BCUT2D eigenvalue weighted by Gasteiger charge is 2.36. The van der Waals surface area contributed by atoms with Gasteiger partial charge in [-0.25, -0.2) is 8.42 Å². The molecule has 102 valence electrons. The van der Waals surface area contributed by atoms with Crippen LogP contribution < -0.4 is 5.73 Å². The van der Waals surface area contributed by atoms with Crippen molar-refractivity contribution in [1.82, 2.24) is 14.1 Å². The highest BCUT2D eigenvalue weighted by Crippen LogP contribution is 2.28. The van der Waals surface area contributed by atoms with Gasteiger partial charge in [0.05, 0.1) is 12.7 Å². The van der Waals surface area contributed by atoms with E-state index < -0.39 is 10.0 Å². The van der Waals surface area contributed by atoms with Crippen LogP contribution >= 0.6 is 0 Å². The predicted molar refractivity (Wildman–Crippen MR) is 68.4 cm³/mol. The molecule has 2 heterocycles. The Hall–Kier alpha value is -0.920. The average Bonchev–Trinajstić information content (AvgIpc) is 2.86. The molecule has 1 aromatic rings. The normalized spacial score (nSPS) is 25.7. The molecule has 7 heteroatoms. The summed E-state index contributed by atoms with van der Waals surface area (Å²) in [5.41, 5.74) is 5.42. The molecule has 2 atom stereocenters. The summed E-state index contributed by atoms with van der Waals surface area (Å²) >= 11 is 0. The fourth-order valence-electron chi connectivity index (χ4n) is 2.46. The summed E-state index contributed by atoms with van der Waals surface area (Å²) in [5, 5.41) is 4.02. The molecule has 0 saturated carbocycles. The van der Waals surface area contributed by atoms with E-state index in [2.05, 4.69) is 12.0 Å². The molecule has 2 rings (SSSR count). The van der Waals surface area contributed by atoms with Crippen LogP contribution in [0.15, 0.2) is 17.3 Å². The molecule has 2 N–H and O–H groups in total. The van der Waals surface area contributed by atoms with Gasteiger partial charge in [0.1, 0.15) is 4.90 Å². The zero-order valence-corrected chi connectivity index (χ0v) is 11.6. The molecule has 6 nitrogen and oxygen atoms in total. The maximum atomic E-state index is 12.4. The second-order valence-corrected chi connectivity index (χ2v) is 6.88. The Morgan fingerprint density at radius 3 is 2.78 bits per heavy atom. The molecule has 0 aromatic carbocycles. The van der Waals surface area contributed by atoms with Gasteiger partial charge in [0.25, 0.3) is 0 Å². The molecule has 1 aromatic heterocycles. The zero-order valence-electron chi connectivity index (χ0n) is 10.8. The van der Waals surface area contributed by atoms with E-state index in [0.717, 1.165) is 6.42 Å². The average molecular weight is 272 g/mol. The Balaban J connectivity index is 2.24. The summed E-state index contributed by atoms with van der Waals surface area (Å²) in [5.74, 6) is 0.411. The fraction of sp³-hybridized carbons (Fsp3) is 0.727. The molecule has 18 heavy (non-hydrogen) atoms. The van der Waals surface area contributed by atoms with E-state index in [4.69, 9.17) is 5.73 Å². The molecule has 2 unspecified atom stereocenters. The van der Waals surface area contributed by atoms with Crippen LogP contribution in [0, 0.1) is 5.92 Å². The second kappa shape index (κ2) is 4.99. The summed E-state index contributed by atoms with van der Waals surface area (Å²) in [6, 6.07) is 0.0582. The molecule has 0 bridgehead atoms. The Bertz CT molecular complexity index is 511. The molecule has 1 saturated heterocycles. The monoisotopic (exact) mass is 272 g/mol. The minimum atomic E-state index is -3.41. The quantitative estimate of drug-likeness (QED) is 0.852. The van der Waals surface area contributed by atoms with Crippen LogP contribution in [-0.2, 0) is 16.6 Å². The third-order valence-electron chi connectivity index (χ3n) is 3.30. The van der Waals surface area contributed by atoms with E-state index in [-0.39, 0.29) is 10.9 Å². The summed E-state index contributed by atoms with van der Waals surface area (Å²) in [4.78, 5) is 0.261. The van der Waals surface area contributed by atoms with Crippen LogP contribution in [0.4, 0.5) is 0 Å². The fourth-order valence-corrected chi connectivity index (χ4v) is 4.18. The lowest BCUT2D eigenvalue weighted by molar-refractivity contribution is 0.405. The molecule has 0 aliphatic carbocycles. The minimum Gasteiger partial charge on any atom is -0.329 e. The van der Waals surface area contributed by atoms with Gasteiger partial charge in [-0.05, 0) is 19.3 Å². The van der Waals surface area contributed by atoms with Crippen molar-refractivity contribution in [2.45, 2.75) is 37.8 Å². The lowest BCUT2D eigenvalue weighted by atomic mass is 10.1. The predicted octanol–water partition coefficient (Wildman–Crippen LogP) is 0.261. The molecule has 0 spiro atoms. The van der Waals surface area contributed by atoms with Crippen molar-refractivity contribution in [2.75, 3.05) is 13.1 Å². The van der Waals surface area contributed by atoms with E-state index >= 15 is 0 Å². The molecule has 0 amide bonds. The maximum Gasteiger partial charge on any atom is 0.246 e. The number of nitrogens with two attached hydrogens (primary N) is 1. The first-order chi connectivity index (χ1) is 8.45. The Kier molecular flexibility index (Phi) is 3.74. The molecule has 0 radical (unpaired) electrons. The SMILES string of the molecule is CC1CC(C)N(S(=O)(=O)c2cnn(CCN)c2)C1. The van der Waals surface area contributed by atoms with Crippen molar-refractivity contribution >= 4 is 10.0 Å². The molecule has 1 aliphatic rings. The Labute approximate surface area is 108 Å². The van der Waals surface area contributed by atoms with Crippen LogP contribution in [0.2, 0.25) is 0 Å². The van der Waals surface area contributed by atoms with Crippen molar-refractivity contribution in [2.24, 2.45) is 11.7 Å². The van der Waals surface area contributed by atoms with Gasteiger partial charge >= 0.3 is 0 Å². The maximum absolute atomic E-state index is 12.4. The van der Waals surface area contributed by atoms with Crippen molar-refractivity contribution in [3.8, 4) is 0 Å². The van der Waals surface area contributed by atoms with E-state index in [1.54, 1.807) is 15.2 Å². The summed E-state index contributed by atoms with van der Waals surface area (Å²) in [6.45, 7) is 5.58. The summed E-state index contributed by atoms with van der Waals surface area (Å²) < 4.78 is 28.0. The van der Waals surface area contributed by atoms with Gasteiger partial charge in [-0.1, -0.05) is 6.92 Å². The van der Waals surface area contributed by atoms with Crippen LogP contribution in [0.25, 0.3) is 0 Å².